The molecule has 4 nitrogen and oxygen atoms in total. The maximum atomic E-state index is 12.0. The van der Waals surface area contributed by atoms with Gasteiger partial charge in [-0.25, -0.2) is 0 Å². The van der Waals surface area contributed by atoms with Crippen LogP contribution in [0.5, 0.6) is 0 Å². The number of nitrogens with zero attached hydrogens (tertiary/aromatic N) is 1. The van der Waals surface area contributed by atoms with E-state index >= 15 is 0 Å². The molecule has 0 aromatic rings. The third kappa shape index (κ3) is 6.28. The molecule has 0 aromatic carbocycles. The van der Waals surface area contributed by atoms with E-state index in [1.807, 2.05) is 14.0 Å². The van der Waals surface area contributed by atoms with Crippen LogP contribution in [0.4, 0.5) is 0 Å². The lowest BCUT2D eigenvalue weighted by Gasteiger charge is -2.30. The number of nitrogens with one attached hydrogen (secondary N) is 2. The van der Waals surface area contributed by atoms with Gasteiger partial charge in [-0.2, -0.15) is 0 Å². The Balaban J connectivity index is 1.73. The van der Waals surface area contributed by atoms with Crippen LogP contribution < -0.4 is 10.6 Å². The van der Waals surface area contributed by atoms with E-state index in [0.29, 0.717) is 11.3 Å². The molecule has 3 atom stereocenters. The van der Waals surface area contributed by atoms with Gasteiger partial charge in [0.2, 0.25) is 0 Å². The quantitative estimate of drug-likeness (QED) is 0.444. The van der Waals surface area contributed by atoms with Crippen LogP contribution in [0.1, 0.15) is 64.7 Å². The highest BCUT2D eigenvalue weighted by molar-refractivity contribution is 7.85. The van der Waals surface area contributed by atoms with Crippen LogP contribution >= 0.6 is 0 Å². The molecule has 132 valence electrons. The molecule has 3 unspecified atom stereocenters. The molecule has 23 heavy (non-hydrogen) atoms. The first-order valence-electron chi connectivity index (χ1n) is 9.25. The third-order valence-corrected chi connectivity index (χ3v) is 6.71. The zero-order valence-electron chi connectivity index (χ0n) is 14.8. The summed E-state index contributed by atoms with van der Waals surface area (Å²) in [7, 11) is 1.17. The number of allylic oxidation sites excluding steroid dienone is 1. The van der Waals surface area contributed by atoms with Gasteiger partial charge < -0.3 is 10.6 Å². The number of hydrogen-bond acceptors (Lipinski definition) is 2. The normalized spacial score (nSPS) is 27.2. The Bertz CT molecular complexity index is 448. The van der Waals surface area contributed by atoms with Gasteiger partial charge in [0.1, 0.15) is 0 Å². The predicted octanol–water partition coefficient (Wildman–Crippen LogP) is 3.12. The molecule has 0 aliphatic heterocycles. The van der Waals surface area contributed by atoms with Gasteiger partial charge in [-0.3, -0.25) is 9.20 Å². The number of aliphatic imine (C=N–C) groups is 1. The largest absolute Gasteiger partial charge is 0.356 e. The van der Waals surface area contributed by atoms with Crippen molar-refractivity contribution in [3.8, 4) is 0 Å². The molecule has 0 spiro atoms. The van der Waals surface area contributed by atoms with Crippen LogP contribution in [0.25, 0.3) is 0 Å². The molecule has 1 fully saturated rings. The molecule has 2 aliphatic carbocycles. The van der Waals surface area contributed by atoms with Crippen LogP contribution in [-0.4, -0.2) is 40.8 Å². The van der Waals surface area contributed by atoms with Crippen LogP contribution in [-0.2, 0) is 10.8 Å². The van der Waals surface area contributed by atoms with Crippen LogP contribution in [0.15, 0.2) is 16.6 Å². The first-order valence-corrected chi connectivity index (χ1v) is 10.6. The van der Waals surface area contributed by atoms with Crippen molar-refractivity contribution >= 4 is 16.8 Å². The van der Waals surface area contributed by atoms with Gasteiger partial charge in [-0.1, -0.05) is 25.0 Å². The Labute approximate surface area is 144 Å². The zero-order chi connectivity index (χ0) is 16.5. The summed E-state index contributed by atoms with van der Waals surface area (Å²) in [5, 5.41) is 7.34. The molecule has 0 amide bonds. The summed E-state index contributed by atoms with van der Waals surface area (Å²) in [4.78, 5) is 4.35. The summed E-state index contributed by atoms with van der Waals surface area (Å²) in [6.07, 6.45) is 13.2. The van der Waals surface area contributed by atoms with E-state index < -0.39 is 10.8 Å². The molecule has 0 radical (unpaired) electrons. The Kier molecular flexibility index (Phi) is 8.13. The molecule has 0 saturated heterocycles. The van der Waals surface area contributed by atoms with Crippen molar-refractivity contribution in [1.82, 2.24) is 10.6 Å². The predicted molar refractivity (Wildman–Crippen MR) is 100 cm³/mol. The Morgan fingerprint density at radius 3 is 2.91 bits per heavy atom. The Morgan fingerprint density at radius 2 is 2.22 bits per heavy atom. The SMILES string of the molecule is CCS(=O)C1CCCC(NC(=NC)NCCC2=CCCCC2)C1. The summed E-state index contributed by atoms with van der Waals surface area (Å²) in [6, 6.07) is 0.407. The second-order valence-corrected chi connectivity index (χ2v) is 8.66. The summed E-state index contributed by atoms with van der Waals surface area (Å²) in [5.41, 5.74) is 1.59. The second-order valence-electron chi connectivity index (χ2n) is 6.66. The van der Waals surface area contributed by atoms with Crippen molar-refractivity contribution in [2.24, 2.45) is 4.99 Å². The fraction of sp³-hybridized carbons (Fsp3) is 0.833. The van der Waals surface area contributed by atoms with Crippen molar-refractivity contribution in [3.63, 3.8) is 0 Å². The van der Waals surface area contributed by atoms with E-state index in [1.54, 1.807) is 5.57 Å². The Morgan fingerprint density at radius 1 is 1.35 bits per heavy atom. The highest BCUT2D eigenvalue weighted by Crippen LogP contribution is 2.23. The smallest absolute Gasteiger partial charge is 0.191 e. The van der Waals surface area contributed by atoms with Gasteiger partial charge in [0.05, 0.1) is 0 Å². The van der Waals surface area contributed by atoms with Gasteiger partial charge in [-0.05, 0) is 51.4 Å². The van der Waals surface area contributed by atoms with Crippen LogP contribution in [0.3, 0.4) is 0 Å². The second kappa shape index (κ2) is 10.1. The summed E-state index contributed by atoms with van der Waals surface area (Å²) in [6.45, 7) is 2.97. The Hall–Kier alpha value is -0.840. The molecular weight excluding hydrogens is 306 g/mol. The first-order chi connectivity index (χ1) is 11.2. The highest BCUT2D eigenvalue weighted by Gasteiger charge is 2.25. The maximum Gasteiger partial charge on any atom is 0.191 e. The fourth-order valence-electron chi connectivity index (χ4n) is 3.61. The van der Waals surface area contributed by atoms with Gasteiger partial charge >= 0.3 is 0 Å². The zero-order valence-corrected chi connectivity index (χ0v) is 15.6. The van der Waals surface area contributed by atoms with E-state index in [4.69, 9.17) is 0 Å². The summed E-state index contributed by atoms with van der Waals surface area (Å²) in [5.74, 6) is 1.67. The van der Waals surface area contributed by atoms with Gasteiger partial charge in [-0.15, -0.1) is 0 Å². The van der Waals surface area contributed by atoms with Crippen molar-refractivity contribution < 1.29 is 4.21 Å². The third-order valence-electron chi connectivity index (χ3n) is 4.97. The van der Waals surface area contributed by atoms with Crippen LogP contribution in [0, 0.1) is 0 Å². The number of rotatable bonds is 6. The molecule has 0 bridgehead atoms. The van der Waals surface area contributed by atoms with Crippen molar-refractivity contribution in [3.05, 3.63) is 11.6 Å². The number of hydrogen-bond donors (Lipinski definition) is 2. The highest BCUT2D eigenvalue weighted by atomic mass is 32.2. The van der Waals surface area contributed by atoms with Crippen molar-refractivity contribution in [2.45, 2.75) is 76.0 Å². The molecule has 2 rings (SSSR count). The minimum atomic E-state index is -0.667. The molecule has 0 aromatic heterocycles. The van der Waals surface area contributed by atoms with E-state index in [1.165, 1.54) is 25.7 Å². The minimum Gasteiger partial charge on any atom is -0.356 e. The van der Waals surface area contributed by atoms with Crippen LogP contribution in [0.2, 0.25) is 0 Å². The molecular formula is C18H33N3OS. The van der Waals surface area contributed by atoms with E-state index in [-0.39, 0.29) is 0 Å². The average molecular weight is 340 g/mol. The van der Waals surface area contributed by atoms with E-state index in [0.717, 1.165) is 50.4 Å². The van der Waals surface area contributed by atoms with E-state index in [9.17, 15) is 4.21 Å². The molecule has 2 N–H and O–H groups in total. The molecule has 5 heteroatoms. The lowest BCUT2D eigenvalue weighted by Crippen LogP contribution is -2.46. The van der Waals surface area contributed by atoms with Crippen molar-refractivity contribution in [1.29, 1.82) is 0 Å². The fourth-order valence-corrected chi connectivity index (χ4v) is 4.96. The lowest BCUT2D eigenvalue weighted by molar-refractivity contribution is 0.413. The topological polar surface area (TPSA) is 53.5 Å². The molecule has 2 aliphatic rings. The van der Waals surface area contributed by atoms with Gasteiger partial charge in [0.15, 0.2) is 5.96 Å². The summed E-state index contributed by atoms with van der Waals surface area (Å²) >= 11 is 0. The monoisotopic (exact) mass is 339 g/mol. The van der Waals surface area contributed by atoms with Gasteiger partial charge in [0, 0.05) is 41.4 Å². The minimum absolute atomic E-state index is 0.358. The van der Waals surface area contributed by atoms with Crippen molar-refractivity contribution in [2.75, 3.05) is 19.3 Å². The maximum absolute atomic E-state index is 12.0. The standard InChI is InChI=1S/C18H33N3OS/c1-3-23(22)17-11-7-10-16(14-17)21-18(19-2)20-13-12-15-8-5-4-6-9-15/h8,16-17H,3-7,9-14H2,1-2H3,(H2,19,20,21). The summed E-state index contributed by atoms with van der Waals surface area (Å²) < 4.78 is 12.0. The molecule has 0 heterocycles. The molecule has 1 saturated carbocycles. The number of guanidine groups is 1. The van der Waals surface area contributed by atoms with Gasteiger partial charge in [0.25, 0.3) is 0 Å². The lowest BCUT2D eigenvalue weighted by atomic mass is 9.95. The van der Waals surface area contributed by atoms with E-state index in [2.05, 4.69) is 21.7 Å². The first kappa shape index (κ1) is 18.5. The average Bonchev–Trinajstić information content (AvgIpc) is 2.61.